The number of methoxy groups -OCH3 is 1. The van der Waals surface area contributed by atoms with Crippen LogP contribution in [0.5, 0.6) is 5.75 Å². The molecule has 0 aromatic heterocycles. The molecule has 0 aliphatic heterocycles. The molecular weight excluding hydrogens is 352 g/mol. The normalized spacial score (nSPS) is 9.11. The Morgan fingerprint density at radius 3 is 2.22 bits per heavy atom. The quantitative estimate of drug-likeness (QED) is 0.213. The van der Waals surface area contributed by atoms with Gasteiger partial charge in [0, 0.05) is 25.7 Å². The van der Waals surface area contributed by atoms with Gasteiger partial charge in [0.25, 0.3) is 5.91 Å². The Bertz CT molecular complexity index is 625. The van der Waals surface area contributed by atoms with Crippen molar-refractivity contribution in [3.05, 3.63) is 24.3 Å². The van der Waals surface area contributed by atoms with Crippen LogP contribution >= 0.6 is 0 Å². The van der Waals surface area contributed by atoms with Crippen LogP contribution in [0.2, 0.25) is 0 Å². The van der Waals surface area contributed by atoms with Gasteiger partial charge in [-0.15, -0.1) is 0 Å². The van der Waals surface area contributed by atoms with E-state index in [1.807, 2.05) is 0 Å². The van der Waals surface area contributed by atoms with Gasteiger partial charge >= 0.3 is 6.03 Å². The van der Waals surface area contributed by atoms with Gasteiger partial charge in [-0.1, -0.05) is 12.8 Å². The van der Waals surface area contributed by atoms with Crippen molar-refractivity contribution in [3.63, 3.8) is 0 Å². The number of anilines is 1. The number of hydrogen-bond acceptors (Lipinski definition) is 6. The number of hydrogen-bond donors (Lipinski definition) is 4. The Kier molecular flexibility index (Phi) is 13.3. The molecule has 0 bridgehead atoms. The summed E-state index contributed by atoms with van der Waals surface area (Å²) in [6.07, 6.45) is 4.27. The molecular formula is C18H26N4O5. The van der Waals surface area contributed by atoms with E-state index in [1.165, 1.54) is 7.05 Å². The van der Waals surface area contributed by atoms with Crippen LogP contribution < -0.4 is 20.7 Å². The Morgan fingerprint density at radius 2 is 1.67 bits per heavy atom. The largest absolute Gasteiger partial charge is 0.497 e. The van der Waals surface area contributed by atoms with Crippen molar-refractivity contribution in [2.75, 3.05) is 26.0 Å². The molecule has 0 aliphatic rings. The van der Waals surface area contributed by atoms with Crippen LogP contribution in [0.25, 0.3) is 0 Å². The monoisotopic (exact) mass is 378 g/mol. The lowest BCUT2D eigenvalue weighted by Gasteiger charge is -2.08. The molecule has 27 heavy (non-hydrogen) atoms. The molecule has 1 aromatic carbocycles. The lowest BCUT2D eigenvalue weighted by molar-refractivity contribution is -0.137. The van der Waals surface area contributed by atoms with Crippen molar-refractivity contribution in [2.24, 2.45) is 0 Å². The molecule has 4 N–H and O–H groups in total. The molecule has 0 atom stereocenters. The average Bonchev–Trinajstić information content (AvgIpc) is 2.67. The van der Waals surface area contributed by atoms with Crippen molar-refractivity contribution in [1.29, 1.82) is 5.41 Å². The van der Waals surface area contributed by atoms with Crippen LogP contribution in [0.4, 0.5) is 10.5 Å². The number of nitrogens with one attached hydrogen (secondary N) is 4. The van der Waals surface area contributed by atoms with Gasteiger partial charge in [0.1, 0.15) is 5.75 Å². The van der Waals surface area contributed by atoms with E-state index < -0.39 is 5.91 Å². The number of unbranched alkanes of at least 4 members (excludes halogenated alkanes) is 3. The van der Waals surface area contributed by atoms with Crippen LogP contribution in [0.1, 0.15) is 32.1 Å². The second kappa shape index (κ2) is 15.1. The average molecular weight is 378 g/mol. The van der Waals surface area contributed by atoms with E-state index in [0.29, 0.717) is 18.7 Å². The van der Waals surface area contributed by atoms with Crippen LogP contribution in [-0.2, 0) is 14.4 Å². The fourth-order valence-corrected chi connectivity index (χ4v) is 2.07. The molecule has 9 nitrogen and oxygen atoms in total. The summed E-state index contributed by atoms with van der Waals surface area (Å²) in [6, 6.07) is 6.82. The highest BCUT2D eigenvalue weighted by Crippen LogP contribution is 2.14. The standard InChI is InChI=1S/C17H25N3O4.CHNO/c1-18-16(22)15(21)7-5-3-4-6-12-19-17(23)20-13-8-10-14(24-2)11-9-13;2-1-3/h8-11H,3-7,12H2,1-2H3,(H,18,22)(H2,19,20,23);2H. The minimum absolute atomic E-state index is 0.255. The zero-order chi connectivity index (χ0) is 20.5. The molecule has 3 amide bonds. The first-order valence-corrected chi connectivity index (χ1v) is 8.46. The number of ketones is 1. The molecule has 1 rings (SSSR count). The van der Waals surface area contributed by atoms with E-state index in [2.05, 4.69) is 16.0 Å². The summed E-state index contributed by atoms with van der Waals surface area (Å²) in [5.74, 6) is -0.183. The minimum atomic E-state index is -0.535. The number of carbonyl (C=O) groups excluding carboxylic acids is 4. The summed E-state index contributed by atoms with van der Waals surface area (Å²) in [7, 11) is 3.03. The third kappa shape index (κ3) is 11.9. The molecule has 0 aliphatic carbocycles. The van der Waals surface area contributed by atoms with Gasteiger partial charge in [-0.2, -0.15) is 0 Å². The van der Waals surface area contributed by atoms with Gasteiger partial charge in [-0.25, -0.2) is 15.0 Å². The maximum Gasteiger partial charge on any atom is 0.319 e. The number of urea groups is 1. The van der Waals surface area contributed by atoms with E-state index >= 15 is 0 Å². The van der Waals surface area contributed by atoms with E-state index in [9.17, 15) is 14.4 Å². The fourth-order valence-electron chi connectivity index (χ4n) is 2.07. The summed E-state index contributed by atoms with van der Waals surface area (Å²) < 4.78 is 5.05. The molecule has 0 fully saturated rings. The van der Waals surface area contributed by atoms with Gasteiger partial charge in [-0.05, 0) is 37.1 Å². The first-order valence-electron chi connectivity index (χ1n) is 8.46. The summed E-state index contributed by atoms with van der Waals surface area (Å²) >= 11 is 0. The second-order valence-corrected chi connectivity index (χ2v) is 5.38. The predicted octanol–water partition coefficient (Wildman–Crippen LogP) is 1.98. The van der Waals surface area contributed by atoms with Gasteiger partial charge < -0.3 is 20.7 Å². The van der Waals surface area contributed by atoms with Gasteiger partial charge in [-0.3, -0.25) is 9.59 Å². The van der Waals surface area contributed by atoms with Gasteiger partial charge in [0.05, 0.1) is 7.11 Å². The van der Waals surface area contributed by atoms with Gasteiger partial charge in [0.15, 0.2) is 0 Å². The number of rotatable bonds is 10. The number of amides is 3. The van der Waals surface area contributed by atoms with E-state index in [1.54, 1.807) is 31.4 Å². The van der Waals surface area contributed by atoms with E-state index in [0.717, 1.165) is 31.1 Å². The maximum absolute atomic E-state index is 11.7. The molecule has 0 saturated heterocycles. The molecule has 0 radical (unpaired) electrons. The molecule has 0 unspecified atom stereocenters. The van der Waals surface area contributed by atoms with Crippen LogP contribution in [0.3, 0.4) is 0 Å². The molecule has 9 heteroatoms. The van der Waals surface area contributed by atoms with Crippen molar-refractivity contribution < 1.29 is 23.9 Å². The number of Topliss-reactive ketones (excluding diaryl/α,β-unsaturated/α-hetero) is 1. The zero-order valence-electron chi connectivity index (χ0n) is 15.6. The summed E-state index contributed by atoms with van der Waals surface area (Å²) in [5.41, 5.74) is 0.695. The highest BCUT2D eigenvalue weighted by molar-refractivity contribution is 6.36. The molecule has 0 saturated carbocycles. The number of isocyanates is 1. The summed E-state index contributed by atoms with van der Waals surface area (Å²) in [5, 5.41) is 13.2. The third-order valence-corrected chi connectivity index (χ3v) is 3.44. The van der Waals surface area contributed by atoms with E-state index in [-0.39, 0.29) is 18.2 Å². The highest BCUT2D eigenvalue weighted by Gasteiger charge is 2.10. The van der Waals surface area contributed by atoms with Gasteiger partial charge in [0.2, 0.25) is 11.9 Å². The van der Waals surface area contributed by atoms with Crippen molar-refractivity contribution in [1.82, 2.24) is 10.6 Å². The van der Waals surface area contributed by atoms with Crippen molar-refractivity contribution in [2.45, 2.75) is 32.1 Å². The topological polar surface area (TPSA) is 137 Å². The summed E-state index contributed by atoms with van der Waals surface area (Å²) in [6.45, 7) is 0.561. The summed E-state index contributed by atoms with van der Waals surface area (Å²) in [4.78, 5) is 42.4. The van der Waals surface area contributed by atoms with Crippen molar-refractivity contribution >= 4 is 29.5 Å². The first kappa shape index (κ1) is 23.8. The number of ether oxygens (including phenoxy) is 1. The Labute approximate surface area is 158 Å². The number of carbonyl (C=O) groups is 3. The molecule has 1 aromatic rings. The van der Waals surface area contributed by atoms with Crippen LogP contribution in [0, 0.1) is 5.41 Å². The SMILES string of the molecule is CNC(=O)C(=O)CCCCCCNC(=O)Nc1ccc(OC)cc1.N=C=O. The lowest BCUT2D eigenvalue weighted by Crippen LogP contribution is -2.29. The fraction of sp³-hybridized carbons (Fsp3) is 0.444. The third-order valence-electron chi connectivity index (χ3n) is 3.44. The van der Waals surface area contributed by atoms with E-state index in [4.69, 9.17) is 14.9 Å². The Hall–Kier alpha value is -3.19. The Balaban J connectivity index is 0.00000210. The zero-order valence-corrected chi connectivity index (χ0v) is 15.6. The predicted molar refractivity (Wildman–Crippen MR) is 101 cm³/mol. The van der Waals surface area contributed by atoms with Crippen LogP contribution in [-0.4, -0.2) is 44.5 Å². The second-order valence-electron chi connectivity index (χ2n) is 5.38. The highest BCUT2D eigenvalue weighted by atomic mass is 16.5. The minimum Gasteiger partial charge on any atom is -0.497 e. The number of likely N-dealkylation sites (N-methyl/N-ethyl adjacent to an activating group) is 1. The van der Waals surface area contributed by atoms with Crippen molar-refractivity contribution in [3.8, 4) is 5.75 Å². The lowest BCUT2D eigenvalue weighted by atomic mass is 10.1. The molecule has 148 valence electrons. The van der Waals surface area contributed by atoms with Crippen LogP contribution in [0.15, 0.2) is 24.3 Å². The first-order chi connectivity index (χ1) is 13.0. The molecule has 0 spiro atoms. The maximum atomic E-state index is 11.7. The Morgan fingerprint density at radius 1 is 1.07 bits per heavy atom. The number of benzene rings is 1. The molecule has 0 heterocycles. The smallest absolute Gasteiger partial charge is 0.319 e.